The van der Waals surface area contributed by atoms with Crippen LogP contribution in [0.25, 0.3) is 11.4 Å². The highest BCUT2D eigenvalue weighted by Gasteiger charge is 2.49. The van der Waals surface area contributed by atoms with Gasteiger partial charge in [-0.3, -0.25) is 9.59 Å². The molecule has 2 atom stereocenters. The minimum absolute atomic E-state index is 0.206. The van der Waals surface area contributed by atoms with E-state index in [1.807, 2.05) is 24.3 Å². The maximum Gasteiger partial charge on any atom is 0.261 e. The fourth-order valence-corrected chi connectivity index (χ4v) is 6.56. The molecule has 4 rings (SSSR count). The van der Waals surface area contributed by atoms with Crippen molar-refractivity contribution in [2.45, 2.75) is 79.1 Å². The van der Waals surface area contributed by atoms with E-state index in [-0.39, 0.29) is 17.7 Å². The molecular weight excluding hydrogens is 647 g/mol. The first kappa shape index (κ1) is 31.7. The summed E-state index contributed by atoms with van der Waals surface area (Å²) in [4.78, 5) is 32.4. The summed E-state index contributed by atoms with van der Waals surface area (Å²) < 4.78 is 17.2. The second kappa shape index (κ2) is 14.3. The summed E-state index contributed by atoms with van der Waals surface area (Å²) in [6, 6.07) is 12.6. The van der Waals surface area contributed by atoms with E-state index in [4.69, 9.17) is 0 Å². The van der Waals surface area contributed by atoms with Gasteiger partial charge in [0.25, 0.3) is 11.8 Å². The number of nitrogens with zero attached hydrogens (tertiary/aromatic N) is 2. The van der Waals surface area contributed by atoms with Gasteiger partial charge in [-0.05, 0) is 60.6 Å². The molecule has 0 radical (unpaired) electrons. The average molecular weight is 689 g/mol. The number of fused-ring (bicyclic) bond motifs is 1. The second-order valence-corrected chi connectivity index (χ2v) is 13.1. The number of unbranched alkanes of at least 4 members (excludes halogenated alkanes) is 2. The third-order valence-corrected chi connectivity index (χ3v) is 9.48. The molecule has 2 unspecified atom stereocenters. The first-order valence-electron chi connectivity index (χ1n) is 15.1. The molecule has 0 N–H and O–H groups in total. The Kier molecular flexibility index (Phi) is 11.0. The third-order valence-electron chi connectivity index (χ3n) is 8.45. The van der Waals surface area contributed by atoms with Crippen LogP contribution in [-0.2, 0) is 9.59 Å². The highest BCUT2D eigenvalue weighted by molar-refractivity contribution is 9.10. The molecule has 0 spiro atoms. The maximum absolute atomic E-state index is 15.6. The smallest absolute Gasteiger partial charge is 0.261 e. The lowest BCUT2D eigenvalue weighted by atomic mass is 9.97. The summed E-state index contributed by atoms with van der Waals surface area (Å²) >= 11 is 6.89. The Labute approximate surface area is 261 Å². The predicted octanol–water partition coefficient (Wildman–Crippen LogP) is 9.59. The molecule has 2 heterocycles. The molecule has 2 aromatic rings. The highest BCUT2D eigenvalue weighted by Crippen LogP contribution is 2.48. The molecule has 2 aliphatic rings. The number of carbonyl (C=O) groups is 2. The zero-order chi connectivity index (χ0) is 29.7. The van der Waals surface area contributed by atoms with Crippen molar-refractivity contribution in [3.63, 3.8) is 0 Å². The van der Waals surface area contributed by atoms with Gasteiger partial charge in [0.1, 0.15) is 5.82 Å². The van der Waals surface area contributed by atoms with E-state index in [1.54, 1.807) is 21.9 Å². The molecule has 0 aliphatic carbocycles. The third kappa shape index (κ3) is 6.72. The van der Waals surface area contributed by atoms with E-state index in [2.05, 4.69) is 59.6 Å². The number of carbonyl (C=O) groups excluding carboxylic acids is 2. The first-order chi connectivity index (χ1) is 19.7. The van der Waals surface area contributed by atoms with Crippen LogP contribution in [0.4, 0.5) is 4.39 Å². The number of amides is 2. The van der Waals surface area contributed by atoms with Crippen LogP contribution in [0.1, 0.15) is 90.2 Å². The van der Waals surface area contributed by atoms with E-state index in [0.717, 1.165) is 61.4 Å². The molecule has 220 valence electrons. The number of benzene rings is 2. The van der Waals surface area contributed by atoms with Crippen LogP contribution in [-0.4, -0.2) is 34.7 Å². The quantitative estimate of drug-likeness (QED) is 0.198. The van der Waals surface area contributed by atoms with Crippen molar-refractivity contribution in [1.82, 2.24) is 9.80 Å². The van der Waals surface area contributed by atoms with Gasteiger partial charge in [0.2, 0.25) is 0 Å². The Balaban J connectivity index is 1.93. The molecular formula is C34H41Br2FN2O2. The van der Waals surface area contributed by atoms with Crippen molar-refractivity contribution in [3.05, 3.63) is 79.5 Å². The van der Waals surface area contributed by atoms with Crippen molar-refractivity contribution >= 4 is 55.1 Å². The number of halogens is 3. The van der Waals surface area contributed by atoms with Gasteiger partial charge in [0, 0.05) is 27.6 Å². The average Bonchev–Trinajstić information content (AvgIpc) is 3.39. The van der Waals surface area contributed by atoms with Crippen molar-refractivity contribution in [2.24, 2.45) is 11.8 Å². The van der Waals surface area contributed by atoms with Crippen LogP contribution in [0.15, 0.2) is 62.6 Å². The second-order valence-electron chi connectivity index (χ2n) is 11.2. The van der Waals surface area contributed by atoms with E-state index in [1.165, 1.54) is 6.07 Å². The van der Waals surface area contributed by atoms with Crippen molar-refractivity contribution in [3.8, 4) is 0 Å². The molecule has 41 heavy (non-hydrogen) atoms. The number of hydrogen-bond acceptors (Lipinski definition) is 2. The number of hydrogen-bond donors (Lipinski definition) is 0. The zero-order valence-corrected chi connectivity index (χ0v) is 27.8. The molecule has 2 amide bonds. The Bertz CT molecular complexity index is 1330. The Morgan fingerprint density at radius 1 is 0.707 bits per heavy atom. The zero-order valence-electron chi connectivity index (χ0n) is 24.6. The van der Waals surface area contributed by atoms with Gasteiger partial charge in [0.15, 0.2) is 0 Å². The highest BCUT2D eigenvalue weighted by atomic mass is 79.9. The van der Waals surface area contributed by atoms with Gasteiger partial charge in [-0.1, -0.05) is 110 Å². The normalized spacial score (nSPS) is 16.8. The lowest BCUT2D eigenvalue weighted by Crippen LogP contribution is -2.35. The van der Waals surface area contributed by atoms with Crippen LogP contribution in [0, 0.1) is 17.7 Å². The molecule has 0 bridgehead atoms. The van der Waals surface area contributed by atoms with Gasteiger partial charge in [0.05, 0.1) is 22.5 Å². The van der Waals surface area contributed by atoms with Crippen molar-refractivity contribution in [2.75, 3.05) is 13.1 Å². The van der Waals surface area contributed by atoms with Crippen LogP contribution in [0.3, 0.4) is 0 Å². The lowest BCUT2D eigenvalue weighted by Gasteiger charge is -2.29. The summed E-state index contributed by atoms with van der Waals surface area (Å²) in [7, 11) is 0. The Morgan fingerprint density at radius 2 is 1.20 bits per heavy atom. The Hall–Kier alpha value is -2.25. The van der Waals surface area contributed by atoms with E-state index in [0.29, 0.717) is 51.6 Å². The predicted molar refractivity (Wildman–Crippen MR) is 172 cm³/mol. The molecule has 0 saturated heterocycles. The molecule has 2 aromatic carbocycles. The van der Waals surface area contributed by atoms with Gasteiger partial charge < -0.3 is 9.80 Å². The number of rotatable bonds is 14. The van der Waals surface area contributed by atoms with Crippen LogP contribution < -0.4 is 0 Å². The largest absolute Gasteiger partial charge is 0.307 e. The minimum atomic E-state index is -0.451. The molecule has 7 heteroatoms. The van der Waals surface area contributed by atoms with Crippen molar-refractivity contribution < 1.29 is 14.0 Å². The van der Waals surface area contributed by atoms with E-state index < -0.39 is 5.82 Å². The van der Waals surface area contributed by atoms with Gasteiger partial charge in [-0.15, -0.1) is 0 Å². The topological polar surface area (TPSA) is 40.6 Å². The lowest BCUT2D eigenvalue weighted by molar-refractivity contribution is -0.124. The summed E-state index contributed by atoms with van der Waals surface area (Å²) in [5.74, 6) is -0.297. The molecule has 0 saturated carbocycles. The van der Waals surface area contributed by atoms with Gasteiger partial charge >= 0.3 is 0 Å². The van der Waals surface area contributed by atoms with E-state index in [9.17, 15) is 9.59 Å². The van der Waals surface area contributed by atoms with Crippen molar-refractivity contribution in [1.29, 1.82) is 0 Å². The van der Waals surface area contributed by atoms with Crippen LogP contribution >= 0.6 is 31.9 Å². The van der Waals surface area contributed by atoms with Gasteiger partial charge in [-0.2, -0.15) is 0 Å². The molecule has 4 nitrogen and oxygen atoms in total. The maximum atomic E-state index is 15.6. The molecule has 0 fully saturated rings. The van der Waals surface area contributed by atoms with E-state index >= 15 is 4.39 Å². The summed E-state index contributed by atoms with van der Waals surface area (Å²) in [5.41, 5.74) is 2.92. The fraction of sp³-hybridized carbons (Fsp3) is 0.471. The van der Waals surface area contributed by atoms with Crippen LogP contribution in [0.5, 0.6) is 0 Å². The first-order valence-corrected chi connectivity index (χ1v) is 16.7. The molecule has 2 aliphatic heterocycles. The minimum Gasteiger partial charge on any atom is -0.307 e. The Morgan fingerprint density at radius 3 is 1.68 bits per heavy atom. The molecule has 0 aromatic heterocycles. The standard InChI is InChI=1S/C34H41Br2FN2O2/c1-5-9-11-22(7-3)20-38-31(24-13-15-25(35)16-14-24)29-30(34(38)41)32(27-18-17-26(36)19-28(27)37)39(33(29)40)21-23(8-4)12-10-6-2/h13-19,22-23H,5-12,20-21H2,1-4H3. The van der Waals surface area contributed by atoms with Gasteiger partial charge in [-0.25, -0.2) is 4.39 Å². The summed E-state index contributed by atoms with van der Waals surface area (Å²) in [5, 5.41) is 0. The SMILES string of the molecule is CCCCC(CC)CN1C(=O)C2=C(c3ccc(Br)cc3F)N(CC(CC)CCCC)C(=O)C2=C1c1ccc(Br)cc1. The summed E-state index contributed by atoms with van der Waals surface area (Å²) in [6.45, 7) is 9.62. The fourth-order valence-electron chi connectivity index (χ4n) is 5.97. The monoisotopic (exact) mass is 686 g/mol. The summed E-state index contributed by atoms with van der Waals surface area (Å²) in [6.07, 6.45) is 8.16. The van der Waals surface area contributed by atoms with Crippen LogP contribution in [0.2, 0.25) is 0 Å².